The van der Waals surface area contributed by atoms with Crippen molar-refractivity contribution >= 4 is 5.97 Å². The third-order valence-electron chi connectivity index (χ3n) is 8.07. The van der Waals surface area contributed by atoms with Crippen LogP contribution in [0.25, 0.3) is 0 Å². The van der Waals surface area contributed by atoms with E-state index in [1.165, 1.54) is 31.3 Å². The molecule has 3 aliphatic rings. The van der Waals surface area contributed by atoms with Crippen LogP contribution in [0.3, 0.4) is 0 Å². The molecule has 0 amide bonds. The van der Waals surface area contributed by atoms with Gasteiger partial charge in [-0.15, -0.1) is 0 Å². The molecule has 130 valence electrons. The minimum absolute atomic E-state index is 0.0249. The van der Waals surface area contributed by atoms with Gasteiger partial charge in [0.2, 0.25) is 0 Å². The van der Waals surface area contributed by atoms with Gasteiger partial charge in [-0.25, -0.2) is 0 Å². The molecule has 0 saturated heterocycles. The Morgan fingerprint density at radius 3 is 2.43 bits per heavy atom. The van der Waals surface area contributed by atoms with Crippen molar-refractivity contribution < 1.29 is 9.53 Å². The lowest BCUT2D eigenvalue weighted by atomic mass is 9.40. The van der Waals surface area contributed by atoms with Gasteiger partial charge in [0.25, 0.3) is 0 Å². The summed E-state index contributed by atoms with van der Waals surface area (Å²) in [6.07, 6.45) is 9.90. The third-order valence-corrected chi connectivity index (χ3v) is 8.07. The van der Waals surface area contributed by atoms with E-state index < -0.39 is 0 Å². The minimum atomic E-state index is -0.0472. The topological polar surface area (TPSA) is 26.3 Å². The lowest BCUT2D eigenvalue weighted by Gasteiger charge is -2.64. The molecule has 0 unspecified atom stereocenters. The molecule has 2 fully saturated rings. The summed E-state index contributed by atoms with van der Waals surface area (Å²) in [6, 6.07) is 0. The second kappa shape index (κ2) is 5.36. The zero-order valence-electron chi connectivity index (χ0n) is 15.9. The molecule has 0 bridgehead atoms. The number of rotatable bonds is 1. The van der Waals surface area contributed by atoms with E-state index in [-0.39, 0.29) is 17.3 Å². The fourth-order valence-corrected chi connectivity index (χ4v) is 7.09. The van der Waals surface area contributed by atoms with Crippen LogP contribution in [0, 0.1) is 34.0 Å². The highest BCUT2D eigenvalue weighted by Gasteiger charge is 2.61. The van der Waals surface area contributed by atoms with E-state index in [9.17, 15) is 4.79 Å². The van der Waals surface area contributed by atoms with Crippen molar-refractivity contribution in [2.45, 2.75) is 73.1 Å². The minimum Gasteiger partial charge on any atom is -0.469 e. The molecule has 2 nitrogen and oxygen atoms in total. The van der Waals surface area contributed by atoms with E-state index >= 15 is 0 Å². The van der Waals surface area contributed by atoms with Crippen LogP contribution < -0.4 is 0 Å². The smallest absolute Gasteiger partial charge is 0.313 e. The predicted octanol–water partition coefficient (Wildman–Crippen LogP) is 5.37. The number of fused-ring (bicyclic) bond motifs is 3. The summed E-state index contributed by atoms with van der Waals surface area (Å²) in [4.78, 5) is 12.6. The second-order valence-corrected chi connectivity index (χ2v) is 9.64. The van der Waals surface area contributed by atoms with E-state index in [1.807, 2.05) is 0 Å². The number of carbonyl (C=O) groups excluding carboxylic acids is 1. The van der Waals surface area contributed by atoms with Gasteiger partial charge >= 0.3 is 5.97 Å². The van der Waals surface area contributed by atoms with E-state index in [4.69, 9.17) is 4.74 Å². The van der Waals surface area contributed by atoms with Crippen LogP contribution >= 0.6 is 0 Å². The highest BCUT2D eigenvalue weighted by molar-refractivity contribution is 5.77. The summed E-state index contributed by atoms with van der Waals surface area (Å²) in [7, 11) is 1.54. The number of esters is 1. The number of hydrogen-bond donors (Lipinski definition) is 0. The standard InChI is InChI=1S/C21H34O2/c1-14-8-9-16-20(4)12-7-11-19(2,3)15(20)10-13-21(16,5)17(14)18(22)23-6/h8,15-17H,7,9-13H2,1-6H3/t15-,16+,17-,20-,21+/m0/s1. The first kappa shape index (κ1) is 17.0. The van der Waals surface area contributed by atoms with Gasteiger partial charge in [-0.05, 0) is 67.1 Å². The first-order valence-corrected chi connectivity index (χ1v) is 9.41. The van der Waals surface area contributed by atoms with E-state index in [0.29, 0.717) is 16.7 Å². The maximum Gasteiger partial charge on any atom is 0.313 e. The Balaban J connectivity index is 2.05. The van der Waals surface area contributed by atoms with Crippen LogP contribution in [0.5, 0.6) is 0 Å². The Labute approximate surface area is 142 Å². The molecule has 3 aliphatic carbocycles. The van der Waals surface area contributed by atoms with E-state index in [1.54, 1.807) is 7.11 Å². The van der Waals surface area contributed by atoms with Crippen LogP contribution in [0.15, 0.2) is 11.6 Å². The summed E-state index contributed by atoms with van der Waals surface area (Å²) in [5.74, 6) is 1.31. The molecule has 0 aromatic heterocycles. The maximum absolute atomic E-state index is 12.6. The molecule has 0 radical (unpaired) electrons. The number of ether oxygens (including phenoxy) is 1. The van der Waals surface area contributed by atoms with Crippen LogP contribution in [0.2, 0.25) is 0 Å². The van der Waals surface area contributed by atoms with Gasteiger partial charge in [-0.1, -0.05) is 45.8 Å². The van der Waals surface area contributed by atoms with Crippen LogP contribution in [0.1, 0.15) is 73.1 Å². The molecule has 0 spiro atoms. The molecular weight excluding hydrogens is 284 g/mol. The Bertz CT molecular complexity index is 532. The molecule has 0 aromatic rings. The fraction of sp³-hybridized carbons (Fsp3) is 0.857. The van der Waals surface area contributed by atoms with Crippen molar-refractivity contribution in [3.63, 3.8) is 0 Å². The molecule has 3 rings (SSSR count). The normalized spacial score (nSPS) is 45.5. The van der Waals surface area contributed by atoms with Gasteiger partial charge < -0.3 is 4.74 Å². The second-order valence-electron chi connectivity index (χ2n) is 9.64. The zero-order valence-corrected chi connectivity index (χ0v) is 15.9. The summed E-state index contributed by atoms with van der Waals surface area (Å²) in [6.45, 7) is 12.0. The number of allylic oxidation sites excluding steroid dienone is 1. The largest absolute Gasteiger partial charge is 0.469 e. The molecular formula is C21H34O2. The summed E-state index contributed by atoms with van der Waals surface area (Å²) >= 11 is 0. The predicted molar refractivity (Wildman–Crippen MR) is 93.9 cm³/mol. The average molecular weight is 319 g/mol. The van der Waals surface area contributed by atoms with Crippen molar-refractivity contribution in [3.8, 4) is 0 Å². The summed E-state index contributed by atoms with van der Waals surface area (Å²) in [5, 5.41) is 0. The molecule has 0 N–H and O–H groups in total. The summed E-state index contributed by atoms with van der Waals surface area (Å²) < 4.78 is 5.20. The van der Waals surface area contributed by atoms with Gasteiger partial charge in [-0.2, -0.15) is 0 Å². The SMILES string of the molecule is COC(=O)[C@@H]1C(C)=CC[C@H]2[C@@]1(C)CC[C@H]1C(C)(C)CCC[C@]21C. The Morgan fingerprint density at radius 2 is 1.78 bits per heavy atom. The first-order valence-electron chi connectivity index (χ1n) is 9.41. The first-order chi connectivity index (χ1) is 10.7. The maximum atomic E-state index is 12.6. The molecule has 0 aliphatic heterocycles. The Hall–Kier alpha value is -0.790. The van der Waals surface area contributed by atoms with Gasteiger partial charge in [0.1, 0.15) is 0 Å². The van der Waals surface area contributed by atoms with Crippen molar-refractivity contribution in [2.75, 3.05) is 7.11 Å². The average Bonchev–Trinajstić information content (AvgIpc) is 2.44. The molecule has 2 saturated carbocycles. The van der Waals surface area contributed by atoms with Crippen molar-refractivity contribution in [1.29, 1.82) is 0 Å². The number of hydrogen-bond acceptors (Lipinski definition) is 2. The van der Waals surface area contributed by atoms with Gasteiger partial charge in [0.15, 0.2) is 0 Å². The number of methoxy groups -OCH3 is 1. The highest BCUT2D eigenvalue weighted by Crippen LogP contribution is 2.68. The Morgan fingerprint density at radius 1 is 1.09 bits per heavy atom. The molecule has 2 heteroatoms. The van der Waals surface area contributed by atoms with Crippen molar-refractivity contribution in [2.24, 2.45) is 34.0 Å². The molecule has 23 heavy (non-hydrogen) atoms. The molecule has 0 heterocycles. The number of carbonyl (C=O) groups is 1. The molecule has 5 atom stereocenters. The van der Waals surface area contributed by atoms with Crippen molar-refractivity contribution in [3.05, 3.63) is 11.6 Å². The van der Waals surface area contributed by atoms with Gasteiger partial charge in [0, 0.05) is 0 Å². The molecule has 0 aromatic carbocycles. The van der Waals surface area contributed by atoms with Crippen molar-refractivity contribution in [1.82, 2.24) is 0 Å². The van der Waals surface area contributed by atoms with Crippen LogP contribution in [0.4, 0.5) is 0 Å². The Kier molecular flexibility index (Phi) is 3.97. The quantitative estimate of drug-likeness (QED) is 0.479. The van der Waals surface area contributed by atoms with E-state index in [2.05, 4.69) is 40.7 Å². The lowest BCUT2D eigenvalue weighted by molar-refractivity contribution is -0.169. The fourth-order valence-electron chi connectivity index (χ4n) is 7.09. The lowest BCUT2D eigenvalue weighted by Crippen LogP contribution is -2.58. The monoisotopic (exact) mass is 318 g/mol. The highest BCUT2D eigenvalue weighted by atomic mass is 16.5. The van der Waals surface area contributed by atoms with E-state index in [0.717, 1.165) is 18.8 Å². The van der Waals surface area contributed by atoms with Crippen LogP contribution in [-0.2, 0) is 9.53 Å². The van der Waals surface area contributed by atoms with Crippen LogP contribution in [-0.4, -0.2) is 13.1 Å². The third kappa shape index (κ3) is 2.31. The zero-order chi connectivity index (χ0) is 17.0. The van der Waals surface area contributed by atoms with Gasteiger partial charge in [0.05, 0.1) is 13.0 Å². The van der Waals surface area contributed by atoms with Gasteiger partial charge in [-0.3, -0.25) is 4.79 Å². The summed E-state index contributed by atoms with van der Waals surface area (Å²) in [5.41, 5.74) is 2.08.